The molecule has 0 aliphatic heterocycles. The maximum atomic E-state index is 13.6. The summed E-state index contributed by atoms with van der Waals surface area (Å²) in [6, 6.07) is 2.37. The third kappa shape index (κ3) is 4.26. The highest BCUT2D eigenvalue weighted by Crippen LogP contribution is 2.19. The van der Waals surface area contributed by atoms with Gasteiger partial charge in [0, 0.05) is 12.6 Å². The van der Waals surface area contributed by atoms with E-state index in [1.807, 2.05) is 13.8 Å². The number of rotatable bonds is 6. The number of halogens is 1. The lowest BCUT2D eigenvalue weighted by atomic mass is 10.1. The summed E-state index contributed by atoms with van der Waals surface area (Å²) < 4.78 is 40.8. The topological polar surface area (TPSA) is 72.2 Å². The molecule has 0 fully saturated rings. The summed E-state index contributed by atoms with van der Waals surface area (Å²) in [5, 5.41) is 0. The van der Waals surface area contributed by atoms with Gasteiger partial charge in [0.2, 0.25) is 10.0 Å². The van der Waals surface area contributed by atoms with Crippen LogP contribution >= 0.6 is 0 Å². The van der Waals surface area contributed by atoms with Crippen LogP contribution in [0.2, 0.25) is 0 Å². The Labute approximate surface area is 120 Å². The minimum absolute atomic E-state index is 0.0797. The van der Waals surface area contributed by atoms with Crippen molar-refractivity contribution in [3.8, 4) is 0 Å². The Hall–Kier alpha value is -0.980. The average molecular weight is 302 g/mol. The largest absolute Gasteiger partial charge is 0.329 e. The number of aryl methyl sites for hydroxylation is 2. The van der Waals surface area contributed by atoms with Crippen LogP contribution in [0.15, 0.2) is 17.0 Å². The Morgan fingerprint density at radius 1 is 1.25 bits per heavy atom. The molecule has 1 atom stereocenters. The van der Waals surface area contributed by atoms with E-state index in [0.29, 0.717) is 23.5 Å². The van der Waals surface area contributed by atoms with E-state index in [-0.39, 0.29) is 23.3 Å². The molecule has 0 aliphatic carbocycles. The van der Waals surface area contributed by atoms with Crippen LogP contribution in [0.1, 0.15) is 31.4 Å². The first-order valence-electron chi connectivity index (χ1n) is 6.66. The molecule has 1 aromatic rings. The van der Waals surface area contributed by atoms with E-state index in [1.54, 1.807) is 13.8 Å². The second kappa shape index (κ2) is 6.65. The van der Waals surface area contributed by atoms with Crippen LogP contribution in [-0.4, -0.2) is 21.0 Å². The molecule has 0 aliphatic rings. The normalized spacial score (nSPS) is 13.8. The molecule has 0 saturated carbocycles. The maximum Gasteiger partial charge on any atom is 0.240 e. The third-order valence-corrected chi connectivity index (χ3v) is 4.58. The predicted molar refractivity (Wildman–Crippen MR) is 78.5 cm³/mol. The van der Waals surface area contributed by atoms with Crippen LogP contribution in [0.5, 0.6) is 0 Å². The Bertz CT molecular complexity index is 548. The van der Waals surface area contributed by atoms with Crippen LogP contribution < -0.4 is 10.5 Å². The zero-order chi connectivity index (χ0) is 15.5. The van der Waals surface area contributed by atoms with E-state index >= 15 is 0 Å². The molecule has 1 aromatic carbocycles. The fourth-order valence-electron chi connectivity index (χ4n) is 2.11. The fourth-order valence-corrected chi connectivity index (χ4v) is 3.54. The van der Waals surface area contributed by atoms with Crippen LogP contribution in [0.3, 0.4) is 0 Å². The number of sulfonamides is 1. The highest BCUT2D eigenvalue weighted by Gasteiger charge is 2.21. The van der Waals surface area contributed by atoms with Crippen molar-refractivity contribution in [2.75, 3.05) is 6.54 Å². The van der Waals surface area contributed by atoms with Gasteiger partial charge in [-0.3, -0.25) is 0 Å². The van der Waals surface area contributed by atoms with Gasteiger partial charge >= 0.3 is 0 Å². The van der Waals surface area contributed by atoms with Crippen LogP contribution in [0.25, 0.3) is 0 Å². The summed E-state index contributed by atoms with van der Waals surface area (Å²) >= 11 is 0. The Balaban J connectivity index is 3.05. The number of hydrogen-bond acceptors (Lipinski definition) is 3. The van der Waals surface area contributed by atoms with Crippen molar-refractivity contribution in [2.45, 2.75) is 45.1 Å². The number of nitrogens with two attached hydrogens (primary N) is 1. The molecule has 114 valence electrons. The van der Waals surface area contributed by atoms with Gasteiger partial charge in [-0.1, -0.05) is 13.8 Å². The molecule has 0 saturated heterocycles. The van der Waals surface area contributed by atoms with Gasteiger partial charge in [0.1, 0.15) is 5.82 Å². The Kier molecular flexibility index (Phi) is 5.68. The molecule has 0 amide bonds. The summed E-state index contributed by atoms with van der Waals surface area (Å²) in [5.41, 5.74) is 6.24. The third-order valence-electron chi connectivity index (χ3n) is 3.08. The molecule has 4 nitrogen and oxygen atoms in total. The molecule has 20 heavy (non-hydrogen) atoms. The number of hydrogen-bond donors (Lipinski definition) is 2. The quantitative estimate of drug-likeness (QED) is 0.845. The molecule has 0 aromatic heterocycles. The van der Waals surface area contributed by atoms with Crippen molar-refractivity contribution in [1.29, 1.82) is 0 Å². The molecular formula is C14H23FN2O2S. The number of benzene rings is 1. The van der Waals surface area contributed by atoms with Crippen molar-refractivity contribution in [3.05, 3.63) is 29.1 Å². The van der Waals surface area contributed by atoms with Crippen molar-refractivity contribution in [1.82, 2.24) is 4.72 Å². The average Bonchev–Trinajstić information content (AvgIpc) is 2.33. The second-order valence-corrected chi connectivity index (χ2v) is 7.27. The van der Waals surface area contributed by atoms with Gasteiger partial charge < -0.3 is 5.73 Å². The van der Waals surface area contributed by atoms with Crippen molar-refractivity contribution in [2.24, 2.45) is 11.7 Å². The highest BCUT2D eigenvalue weighted by molar-refractivity contribution is 7.89. The minimum atomic E-state index is -3.68. The summed E-state index contributed by atoms with van der Waals surface area (Å²) in [6.45, 7) is 7.34. The first-order valence-corrected chi connectivity index (χ1v) is 8.14. The molecule has 0 heterocycles. The van der Waals surface area contributed by atoms with E-state index < -0.39 is 10.0 Å². The number of nitrogens with one attached hydrogen (secondary N) is 1. The molecule has 3 N–H and O–H groups in total. The van der Waals surface area contributed by atoms with Crippen LogP contribution in [-0.2, 0) is 10.0 Å². The SMILES string of the molecule is Cc1cc(S(=O)(=O)NC(CN)CC(C)C)cc(C)c1F. The minimum Gasteiger partial charge on any atom is -0.329 e. The first-order chi connectivity index (χ1) is 9.17. The van der Waals surface area contributed by atoms with Crippen LogP contribution in [0.4, 0.5) is 4.39 Å². The summed E-state index contributed by atoms with van der Waals surface area (Å²) in [4.78, 5) is 0.0797. The van der Waals surface area contributed by atoms with Gasteiger partial charge in [0.25, 0.3) is 0 Å². The summed E-state index contributed by atoms with van der Waals surface area (Å²) in [5.74, 6) is -0.0376. The molecule has 6 heteroatoms. The molecule has 1 rings (SSSR count). The zero-order valence-corrected chi connectivity index (χ0v) is 13.2. The van der Waals surface area contributed by atoms with E-state index in [2.05, 4.69) is 4.72 Å². The van der Waals surface area contributed by atoms with Gasteiger partial charge in [-0.2, -0.15) is 0 Å². The van der Waals surface area contributed by atoms with Crippen molar-refractivity contribution >= 4 is 10.0 Å². The first kappa shape index (κ1) is 17.1. The second-order valence-electron chi connectivity index (χ2n) is 5.55. The lowest BCUT2D eigenvalue weighted by molar-refractivity contribution is 0.465. The molecule has 0 bridgehead atoms. The zero-order valence-electron chi connectivity index (χ0n) is 12.4. The maximum absolute atomic E-state index is 13.6. The van der Waals surface area contributed by atoms with Gasteiger partial charge in [0.05, 0.1) is 4.90 Å². The summed E-state index contributed by atoms with van der Waals surface area (Å²) in [7, 11) is -3.68. The molecule has 0 spiro atoms. The standard InChI is InChI=1S/C14H23FN2O2S/c1-9(2)5-12(8-16)17-20(18,19)13-6-10(3)14(15)11(4)7-13/h6-7,9,12,17H,5,8,16H2,1-4H3. The van der Waals surface area contributed by atoms with Crippen LogP contribution in [0, 0.1) is 25.6 Å². The smallest absolute Gasteiger partial charge is 0.240 e. The fraction of sp³-hybridized carbons (Fsp3) is 0.571. The molecule has 0 radical (unpaired) electrons. The molecular weight excluding hydrogens is 279 g/mol. The van der Waals surface area contributed by atoms with Gasteiger partial charge in [-0.25, -0.2) is 17.5 Å². The lowest BCUT2D eigenvalue weighted by Crippen LogP contribution is -2.41. The van der Waals surface area contributed by atoms with E-state index in [4.69, 9.17) is 5.73 Å². The van der Waals surface area contributed by atoms with E-state index in [0.717, 1.165) is 0 Å². The Morgan fingerprint density at radius 2 is 1.75 bits per heavy atom. The van der Waals surface area contributed by atoms with Gasteiger partial charge in [-0.15, -0.1) is 0 Å². The van der Waals surface area contributed by atoms with Crippen molar-refractivity contribution in [3.63, 3.8) is 0 Å². The lowest BCUT2D eigenvalue weighted by Gasteiger charge is -2.19. The highest BCUT2D eigenvalue weighted by atomic mass is 32.2. The van der Waals surface area contributed by atoms with Gasteiger partial charge in [0.15, 0.2) is 0 Å². The van der Waals surface area contributed by atoms with Crippen molar-refractivity contribution < 1.29 is 12.8 Å². The van der Waals surface area contributed by atoms with Gasteiger partial charge in [-0.05, 0) is 49.4 Å². The van der Waals surface area contributed by atoms with E-state index in [9.17, 15) is 12.8 Å². The van der Waals surface area contributed by atoms with E-state index in [1.165, 1.54) is 12.1 Å². The predicted octanol–water partition coefficient (Wildman–Crippen LogP) is 2.09. The Morgan fingerprint density at radius 3 is 2.15 bits per heavy atom. The molecule has 1 unspecified atom stereocenters. The summed E-state index contributed by atoms with van der Waals surface area (Å²) in [6.07, 6.45) is 0.662. The monoisotopic (exact) mass is 302 g/mol.